The lowest BCUT2D eigenvalue weighted by molar-refractivity contribution is -0.142. The average Bonchev–Trinajstić information content (AvgIpc) is 2.62. The smallest absolute Gasteiger partial charge is 0.387 e. The molecule has 2 aromatic rings. The number of benzene rings is 2. The molecule has 0 unspecified atom stereocenters. The molecule has 0 radical (unpaired) electrons. The summed E-state index contributed by atoms with van der Waals surface area (Å²) >= 11 is 11.6. The molecular weight excluding hydrogens is 403 g/mol. The summed E-state index contributed by atoms with van der Waals surface area (Å²) < 4.78 is 33.1. The molecule has 0 bridgehead atoms. The number of hydrogen-bond acceptors (Lipinski definition) is 4. The van der Waals surface area contributed by atoms with Crippen molar-refractivity contribution in [3.63, 3.8) is 0 Å². The van der Waals surface area contributed by atoms with Gasteiger partial charge in [-0.3, -0.25) is 4.79 Å². The second kappa shape index (κ2) is 9.89. The molecule has 0 spiro atoms. The van der Waals surface area contributed by atoms with Gasteiger partial charge in [0.15, 0.2) is 6.61 Å². The van der Waals surface area contributed by atoms with Crippen LogP contribution in [-0.4, -0.2) is 25.1 Å². The molecule has 142 valence electrons. The van der Waals surface area contributed by atoms with E-state index in [1.54, 1.807) is 6.07 Å². The van der Waals surface area contributed by atoms with E-state index in [2.05, 4.69) is 10.1 Å². The van der Waals surface area contributed by atoms with Crippen LogP contribution in [0.15, 0.2) is 48.5 Å². The molecular formula is C18H13Cl2F2NO4. The van der Waals surface area contributed by atoms with Crippen molar-refractivity contribution in [2.24, 2.45) is 0 Å². The first-order valence-corrected chi connectivity index (χ1v) is 8.23. The van der Waals surface area contributed by atoms with Gasteiger partial charge in [-0.15, -0.1) is 0 Å². The molecule has 0 aliphatic heterocycles. The highest BCUT2D eigenvalue weighted by Crippen LogP contribution is 2.24. The summed E-state index contributed by atoms with van der Waals surface area (Å²) in [5.74, 6) is -1.29. The maximum Gasteiger partial charge on any atom is 0.387 e. The van der Waals surface area contributed by atoms with Crippen LogP contribution in [0.1, 0.15) is 5.56 Å². The Balaban J connectivity index is 1.80. The lowest BCUT2D eigenvalue weighted by Crippen LogP contribution is -2.20. The molecule has 0 saturated heterocycles. The van der Waals surface area contributed by atoms with Gasteiger partial charge in [0, 0.05) is 11.8 Å². The minimum Gasteiger partial charge on any atom is -0.452 e. The van der Waals surface area contributed by atoms with E-state index in [1.807, 2.05) is 0 Å². The van der Waals surface area contributed by atoms with Gasteiger partial charge in [-0.2, -0.15) is 8.78 Å². The van der Waals surface area contributed by atoms with Crippen LogP contribution in [0.3, 0.4) is 0 Å². The number of alkyl halides is 2. The molecule has 1 N–H and O–H groups in total. The Morgan fingerprint density at radius 1 is 1.07 bits per heavy atom. The van der Waals surface area contributed by atoms with Crippen molar-refractivity contribution >= 4 is 46.8 Å². The zero-order valence-electron chi connectivity index (χ0n) is 13.6. The number of carbonyl (C=O) groups excluding carboxylic acids is 2. The summed E-state index contributed by atoms with van der Waals surface area (Å²) in [5, 5.41) is 3.13. The summed E-state index contributed by atoms with van der Waals surface area (Å²) in [6.45, 7) is -3.40. The Hall–Kier alpha value is -2.64. The van der Waals surface area contributed by atoms with E-state index < -0.39 is 25.1 Å². The largest absolute Gasteiger partial charge is 0.452 e. The Morgan fingerprint density at radius 2 is 1.78 bits per heavy atom. The van der Waals surface area contributed by atoms with E-state index in [9.17, 15) is 18.4 Å². The Bertz CT molecular complexity index is 842. The van der Waals surface area contributed by atoms with Crippen LogP contribution in [0.2, 0.25) is 10.0 Å². The molecule has 1 amide bonds. The minimum absolute atomic E-state index is 0.00343. The molecule has 27 heavy (non-hydrogen) atoms. The zero-order chi connectivity index (χ0) is 19.8. The van der Waals surface area contributed by atoms with Crippen molar-refractivity contribution in [2.45, 2.75) is 6.61 Å². The Kier molecular flexibility index (Phi) is 7.57. The van der Waals surface area contributed by atoms with Crippen LogP contribution in [0.25, 0.3) is 6.08 Å². The van der Waals surface area contributed by atoms with Crippen molar-refractivity contribution in [1.29, 1.82) is 0 Å². The van der Waals surface area contributed by atoms with E-state index in [0.29, 0.717) is 16.3 Å². The molecule has 2 rings (SSSR count). The molecule has 2 aromatic carbocycles. The molecule has 0 aromatic heterocycles. The predicted molar refractivity (Wildman–Crippen MR) is 98.2 cm³/mol. The quantitative estimate of drug-likeness (QED) is 0.521. The highest BCUT2D eigenvalue weighted by Gasteiger charge is 2.07. The third-order valence-electron chi connectivity index (χ3n) is 3.07. The third-order valence-corrected chi connectivity index (χ3v) is 3.81. The summed E-state index contributed by atoms with van der Waals surface area (Å²) in [5.41, 5.74) is 0.973. The van der Waals surface area contributed by atoms with Gasteiger partial charge in [0.2, 0.25) is 0 Å². The maximum atomic E-state index is 12.1. The number of amides is 1. The lowest BCUT2D eigenvalue weighted by atomic mass is 10.2. The van der Waals surface area contributed by atoms with Crippen molar-refractivity contribution in [2.75, 3.05) is 11.9 Å². The molecule has 9 heteroatoms. The topological polar surface area (TPSA) is 64.6 Å². The van der Waals surface area contributed by atoms with Crippen molar-refractivity contribution < 1.29 is 27.8 Å². The first-order chi connectivity index (χ1) is 12.8. The number of carbonyl (C=O) groups is 2. The van der Waals surface area contributed by atoms with Gasteiger partial charge < -0.3 is 14.8 Å². The average molecular weight is 416 g/mol. The SMILES string of the molecule is O=C(COC(=O)/C=C/c1ccc(OC(F)F)cc1)Nc1ccc(Cl)c(Cl)c1. The third kappa shape index (κ3) is 7.24. The molecule has 0 atom stereocenters. The highest BCUT2D eigenvalue weighted by molar-refractivity contribution is 6.42. The standard InChI is InChI=1S/C18H13Cl2F2NO4/c19-14-7-4-12(9-15(14)20)23-16(24)10-26-17(25)8-3-11-1-5-13(6-2-11)27-18(21)22/h1-9,18H,10H2,(H,23,24)/b8-3+. The number of nitrogens with one attached hydrogen (secondary N) is 1. The second-order valence-electron chi connectivity index (χ2n) is 5.07. The van der Waals surface area contributed by atoms with E-state index >= 15 is 0 Å². The number of hydrogen-bond donors (Lipinski definition) is 1. The summed E-state index contributed by atoms with van der Waals surface area (Å²) in [7, 11) is 0. The fourth-order valence-corrected chi connectivity index (χ4v) is 2.18. The van der Waals surface area contributed by atoms with E-state index in [4.69, 9.17) is 27.9 Å². The van der Waals surface area contributed by atoms with Crippen molar-refractivity contribution in [3.8, 4) is 5.75 Å². The van der Waals surface area contributed by atoms with Gasteiger partial charge in [-0.05, 0) is 42.0 Å². The molecule has 5 nitrogen and oxygen atoms in total. The summed E-state index contributed by atoms with van der Waals surface area (Å²) in [6.07, 6.45) is 2.51. The Morgan fingerprint density at radius 3 is 2.41 bits per heavy atom. The number of esters is 1. The van der Waals surface area contributed by atoms with Crippen molar-refractivity contribution in [3.05, 3.63) is 64.1 Å². The number of halogens is 4. The van der Waals surface area contributed by atoms with E-state index in [1.165, 1.54) is 42.5 Å². The van der Waals surface area contributed by atoms with Crippen LogP contribution < -0.4 is 10.1 Å². The van der Waals surface area contributed by atoms with Crippen LogP contribution in [-0.2, 0) is 14.3 Å². The Labute approximate surface area is 163 Å². The first-order valence-electron chi connectivity index (χ1n) is 7.48. The van der Waals surface area contributed by atoms with Crippen LogP contribution in [0, 0.1) is 0 Å². The molecule has 0 fully saturated rings. The fourth-order valence-electron chi connectivity index (χ4n) is 1.88. The first kappa shape index (κ1) is 20.7. The maximum absolute atomic E-state index is 12.1. The van der Waals surface area contributed by atoms with Gasteiger partial charge >= 0.3 is 12.6 Å². The predicted octanol–water partition coefficient (Wildman–Crippen LogP) is 4.79. The van der Waals surface area contributed by atoms with Crippen LogP contribution in [0.4, 0.5) is 14.5 Å². The minimum atomic E-state index is -2.91. The van der Waals surface area contributed by atoms with Gasteiger partial charge in [-0.1, -0.05) is 35.3 Å². The molecule has 0 aliphatic rings. The van der Waals surface area contributed by atoms with Crippen molar-refractivity contribution in [1.82, 2.24) is 0 Å². The second-order valence-corrected chi connectivity index (χ2v) is 5.88. The van der Waals surface area contributed by atoms with Gasteiger partial charge in [0.1, 0.15) is 5.75 Å². The normalized spacial score (nSPS) is 10.9. The van der Waals surface area contributed by atoms with E-state index in [0.717, 1.165) is 6.08 Å². The number of ether oxygens (including phenoxy) is 2. The molecule has 0 aliphatic carbocycles. The highest BCUT2D eigenvalue weighted by atomic mass is 35.5. The summed E-state index contributed by atoms with van der Waals surface area (Å²) in [4.78, 5) is 23.4. The fraction of sp³-hybridized carbons (Fsp3) is 0.111. The van der Waals surface area contributed by atoms with Crippen LogP contribution in [0.5, 0.6) is 5.75 Å². The van der Waals surface area contributed by atoms with E-state index in [-0.39, 0.29) is 10.8 Å². The van der Waals surface area contributed by atoms with Gasteiger partial charge in [0.25, 0.3) is 5.91 Å². The molecule has 0 heterocycles. The van der Waals surface area contributed by atoms with Gasteiger partial charge in [-0.25, -0.2) is 4.79 Å². The van der Waals surface area contributed by atoms with Crippen LogP contribution >= 0.6 is 23.2 Å². The number of rotatable bonds is 7. The summed E-state index contributed by atoms with van der Waals surface area (Å²) in [6, 6.07) is 10.2. The monoisotopic (exact) mass is 415 g/mol. The number of anilines is 1. The molecule has 0 saturated carbocycles. The van der Waals surface area contributed by atoms with Gasteiger partial charge in [0.05, 0.1) is 10.0 Å². The lowest BCUT2D eigenvalue weighted by Gasteiger charge is -2.06. The zero-order valence-corrected chi connectivity index (χ0v) is 15.1.